The Kier molecular flexibility index (Phi) is 3.32. The largest absolute Gasteiger partial charge is 0.384 e. The van der Waals surface area contributed by atoms with Gasteiger partial charge < -0.3 is 10.3 Å². The summed E-state index contributed by atoms with van der Waals surface area (Å²) < 4.78 is 2.05. The van der Waals surface area contributed by atoms with Crippen LogP contribution in [0, 0.1) is 6.92 Å². The van der Waals surface area contributed by atoms with Gasteiger partial charge in [-0.3, -0.25) is 0 Å². The summed E-state index contributed by atoms with van der Waals surface area (Å²) in [6.45, 7) is 6.54. The van der Waals surface area contributed by atoms with Gasteiger partial charge in [0.05, 0.1) is 5.69 Å². The van der Waals surface area contributed by atoms with E-state index in [4.69, 9.17) is 5.73 Å². The third-order valence-corrected chi connectivity index (χ3v) is 3.53. The molecule has 0 aliphatic heterocycles. The lowest BCUT2D eigenvalue weighted by molar-refractivity contribution is 0.438. The third kappa shape index (κ3) is 1.99. The molecule has 2 N–H and O–H groups in total. The van der Waals surface area contributed by atoms with Gasteiger partial charge in [0.2, 0.25) is 0 Å². The lowest BCUT2D eigenvalue weighted by atomic mass is 9.87. The van der Waals surface area contributed by atoms with Crippen LogP contribution in [0.25, 0.3) is 0 Å². The van der Waals surface area contributed by atoms with Crippen molar-refractivity contribution in [2.24, 2.45) is 0 Å². The molecule has 1 heterocycles. The number of hydrogen-bond acceptors (Lipinski definition) is 2. The Hall–Kier alpha value is -1.25. The first-order valence-corrected chi connectivity index (χ1v) is 6.17. The second-order valence-corrected chi connectivity index (χ2v) is 4.66. The van der Waals surface area contributed by atoms with E-state index in [0.29, 0.717) is 5.92 Å². The Labute approximate surface area is 97.4 Å². The first-order chi connectivity index (χ1) is 7.74. The van der Waals surface area contributed by atoms with Crippen LogP contribution in [0.5, 0.6) is 0 Å². The number of hydrogen-bond donors (Lipinski definition) is 1. The number of nitrogens with zero attached hydrogens (tertiary/aromatic N) is 2. The van der Waals surface area contributed by atoms with Crippen molar-refractivity contribution in [3.63, 3.8) is 0 Å². The minimum Gasteiger partial charge on any atom is -0.384 e. The van der Waals surface area contributed by atoms with Crippen LogP contribution in [-0.4, -0.2) is 9.55 Å². The smallest absolute Gasteiger partial charge is 0.127 e. The Morgan fingerprint density at radius 3 is 2.75 bits per heavy atom. The summed E-state index contributed by atoms with van der Waals surface area (Å²) >= 11 is 0. The molecule has 0 saturated heterocycles. The lowest BCUT2D eigenvalue weighted by Gasteiger charge is -2.20. The van der Waals surface area contributed by atoms with Crippen molar-refractivity contribution in [2.75, 3.05) is 5.73 Å². The van der Waals surface area contributed by atoms with Gasteiger partial charge in [0.25, 0.3) is 0 Å². The number of nitrogen functional groups attached to an aromatic ring is 1. The molecule has 1 aromatic heterocycles. The van der Waals surface area contributed by atoms with Crippen LogP contribution in [0.2, 0.25) is 0 Å². The van der Waals surface area contributed by atoms with Crippen molar-refractivity contribution in [3.8, 4) is 0 Å². The quantitative estimate of drug-likeness (QED) is 0.794. The molecule has 16 heavy (non-hydrogen) atoms. The van der Waals surface area contributed by atoms with Gasteiger partial charge in [0.15, 0.2) is 0 Å². The summed E-state index contributed by atoms with van der Waals surface area (Å²) in [6.07, 6.45) is 8.36. The fourth-order valence-electron chi connectivity index (χ4n) is 2.64. The second-order valence-electron chi connectivity index (χ2n) is 4.66. The predicted octanol–water partition coefficient (Wildman–Crippen LogP) is 3.01. The Morgan fingerprint density at radius 1 is 1.44 bits per heavy atom. The molecule has 0 radical (unpaired) electrons. The molecule has 1 fully saturated rings. The van der Waals surface area contributed by atoms with E-state index in [1.807, 2.05) is 13.0 Å². The molecule has 3 heteroatoms. The molecular weight excluding hydrogens is 198 g/mol. The molecule has 3 nitrogen and oxygen atoms in total. The molecule has 1 aromatic rings. The number of aromatic nitrogens is 2. The fourth-order valence-corrected chi connectivity index (χ4v) is 2.64. The first kappa shape index (κ1) is 11.2. The molecule has 88 valence electrons. The maximum atomic E-state index is 6.17. The SMILES string of the molecule is C=CCn1c(C)nc(C2CCCCC2)c1N. The number of anilines is 1. The number of rotatable bonds is 3. The van der Waals surface area contributed by atoms with Crippen molar-refractivity contribution >= 4 is 5.82 Å². The van der Waals surface area contributed by atoms with Gasteiger partial charge in [-0.1, -0.05) is 25.3 Å². The van der Waals surface area contributed by atoms with E-state index >= 15 is 0 Å². The van der Waals surface area contributed by atoms with E-state index in [1.54, 1.807) is 0 Å². The minimum atomic E-state index is 0.582. The zero-order chi connectivity index (χ0) is 11.5. The van der Waals surface area contributed by atoms with Crippen LogP contribution in [-0.2, 0) is 6.54 Å². The molecule has 0 aromatic carbocycles. The maximum Gasteiger partial charge on any atom is 0.127 e. The van der Waals surface area contributed by atoms with Crippen molar-refractivity contribution in [1.29, 1.82) is 0 Å². The highest BCUT2D eigenvalue weighted by Crippen LogP contribution is 2.35. The monoisotopic (exact) mass is 219 g/mol. The van der Waals surface area contributed by atoms with Crippen LogP contribution in [0.3, 0.4) is 0 Å². The zero-order valence-electron chi connectivity index (χ0n) is 10.1. The number of nitrogens with two attached hydrogens (primary N) is 1. The molecule has 1 aliphatic rings. The van der Waals surface area contributed by atoms with Gasteiger partial charge >= 0.3 is 0 Å². The molecule has 1 saturated carbocycles. The van der Waals surface area contributed by atoms with Crippen LogP contribution >= 0.6 is 0 Å². The van der Waals surface area contributed by atoms with Gasteiger partial charge in [0, 0.05) is 12.5 Å². The molecule has 2 rings (SSSR count). The summed E-state index contributed by atoms with van der Waals surface area (Å²) in [5.74, 6) is 2.45. The summed E-state index contributed by atoms with van der Waals surface area (Å²) in [7, 11) is 0. The minimum absolute atomic E-state index is 0.582. The summed E-state index contributed by atoms with van der Waals surface area (Å²) in [5.41, 5.74) is 7.30. The Bertz CT molecular complexity index is 373. The van der Waals surface area contributed by atoms with E-state index in [9.17, 15) is 0 Å². The van der Waals surface area contributed by atoms with Crippen LogP contribution in [0.1, 0.15) is 49.5 Å². The highest BCUT2D eigenvalue weighted by Gasteiger charge is 2.22. The first-order valence-electron chi connectivity index (χ1n) is 6.17. The van der Waals surface area contributed by atoms with Gasteiger partial charge in [-0.2, -0.15) is 0 Å². The molecule has 0 unspecified atom stereocenters. The number of imidazole rings is 1. The van der Waals surface area contributed by atoms with Crippen molar-refractivity contribution in [3.05, 3.63) is 24.2 Å². The number of aryl methyl sites for hydroxylation is 1. The third-order valence-electron chi connectivity index (χ3n) is 3.53. The van der Waals surface area contributed by atoms with Crippen molar-refractivity contribution < 1.29 is 0 Å². The van der Waals surface area contributed by atoms with E-state index < -0.39 is 0 Å². The summed E-state index contributed by atoms with van der Waals surface area (Å²) in [5, 5.41) is 0. The normalized spacial score (nSPS) is 17.6. The van der Waals surface area contributed by atoms with Gasteiger partial charge in [0.1, 0.15) is 11.6 Å². The molecular formula is C13H21N3. The maximum absolute atomic E-state index is 6.17. The predicted molar refractivity (Wildman–Crippen MR) is 67.4 cm³/mol. The van der Waals surface area contributed by atoms with Crippen molar-refractivity contribution in [1.82, 2.24) is 9.55 Å². The summed E-state index contributed by atoms with van der Waals surface area (Å²) in [4.78, 5) is 4.64. The highest BCUT2D eigenvalue weighted by molar-refractivity contribution is 5.41. The molecule has 0 atom stereocenters. The van der Waals surface area contributed by atoms with Crippen molar-refractivity contribution in [2.45, 2.75) is 51.5 Å². The van der Waals surface area contributed by atoms with Crippen LogP contribution < -0.4 is 5.73 Å². The Morgan fingerprint density at radius 2 is 2.12 bits per heavy atom. The second kappa shape index (κ2) is 4.73. The molecule has 0 amide bonds. The standard InChI is InChI=1S/C13H21N3/c1-3-9-16-10(2)15-12(13(16)14)11-7-5-4-6-8-11/h3,11H,1,4-9,14H2,2H3. The van der Waals surface area contributed by atoms with E-state index in [0.717, 1.165) is 23.9 Å². The van der Waals surface area contributed by atoms with Crippen LogP contribution in [0.15, 0.2) is 12.7 Å². The molecule has 1 aliphatic carbocycles. The van der Waals surface area contributed by atoms with E-state index in [-0.39, 0.29) is 0 Å². The fraction of sp³-hybridized carbons (Fsp3) is 0.615. The van der Waals surface area contributed by atoms with Gasteiger partial charge in [-0.05, 0) is 19.8 Å². The topological polar surface area (TPSA) is 43.8 Å². The van der Waals surface area contributed by atoms with E-state index in [2.05, 4.69) is 16.1 Å². The molecule has 0 bridgehead atoms. The average molecular weight is 219 g/mol. The zero-order valence-corrected chi connectivity index (χ0v) is 10.1. The van der Waals surface area contributed by atoms with Gasteiger partial charge in [-0.25, -0.2) is 4.98 Å². The highest BCUT2D eigenvalue weighted by atomic mass is 15.1. The van der Waals surface area contributed by atoms with Crippen LogP contribution in [0.4, 0.5) is 5.82 Å². The average Bonchev–Trinajstić information content (AvgIpc) is 2.59. The number of allylic oxidation sites excluding steroid dienone is 1. The molecule has 0 spiro atoms. The summed E-state index contributed by atoms with van der Waals surface area (Å²) in [6, 6.07) is 0. The lowest BCUT2D eigenvalue weighted by Crippen LogP contribution is -2.09. The van der Waals surface area contributed by atoms with Gasteiger partial charge in [-0.15, -0.1) is 6.58 Å². The Balaban J connectivity index is 2.26. The van der Waals surface area contributed by atoms with E-state index in [1.165, 1.54) is 32.1 Å².